The Morgan fingerprint density at radius 2 is 1.14 bits per heavy atom. The van der Waals surface area contributed by atoms with Gasteiger partial charge in [-0.1, -0.05) is 45.8 Å². The summed E-state index contributed by atoms with van der Waals surface area (Å²) >= 11 is 6.09. The molecule has 0 bridgehead atoms. The van der Waals surface area contributed by atoms with E-state index in [1.807, 2.05) is 12.1 Å². The van der Waals surface area contributed by atoms with Gasteiger partial charge in [0.1, 0.15) is 23.6 Å². The summed E-state index contributed by atoms with van der Waals surface area (Å²) in [5.74, 6) is 0.860. The summed E-state index contributed by atoms with van der Waals surface area (Å²) in [6.45, 7) is 14.2. The maximum Gasteiger partial charge on any atom is 0.350 e. The maximum absolute atomic E-state index is 9.11. The predicted octanol–water partition coefficient (Wildman–Crippen LogP) is 8.37. The molecule has 0 aromatic carbocycles. The van der Waals surface area contributed by atoms with Crippen LogP contribution >= 0.6 is 45.3 Å². The van der Waals surface area contributed by atoms with E-state index in [-0.39, 0.29) is 11.7 Å². The fourth-order valence-corrected chi connectivity index (χ4v) is 9.49. The van der Waals surface area contributed by atoms with Gasteiger partial charge in [0, 0.05) is 26.2 Å². The zero-order chi connectivity index (χ0) is 29.7. The van der Waals surface area contributed by atoms with Crippen LogP contribution in [0.25, 0.3) is 60.7 Å². The van der Waals surface area contributed by atoms with Crippen LogP contribution in [-0.2, 0) is 14.1 Å². The highest BCUT2D eigenvalue weighted by molar-refractivity contribution is 7.29. The number of thiophene rings is 4. The van der Waals surface area contributed by atoms with Gasteiger partial charge < -0.3 is 28.3 Å². The molecule has 0 atom stereocenters. The molecule has 0 aliphatic carbocycles. The highest BCUT2D eigenvalue weighted by Gasteiger charge is 2.25. The Labute approximate surface area is 255 Å². The van der Waals surface area contributed by atoms with Gasteiger partial charge in [-0.3, -0.25) is 0 Å². The molecule has 0 N–H and O–H groups in total. The van der Waals surface area contributed by atoms with E-state index in [0.29, 0.717) is 21.5 Å². The maximum atomic E-state index is 9.11. The molecule has 6 aromatic rings. The number of methoxy groups -OCH3 is 2. The molecule has 0 spiro atoms. The van der Waals surface area contributed by atoms with Gasteiger partial charge in [-0.05, 0) is 12.1 Å². The highest BCUT2D eigenvalue weighted by Crippen LogP contribution is 2.52. The summed E-state index contributed by atoms with van der Waals surface area (Å²) in [6.07, 6.45) is 0. The van der Waals surface area contributed by atoms with Gasteiger partial charge in [-0.15, -0.1) is 22.7 Å². The number of nitrogens with zero attached hydrogens (tertiary/aromatic N) is 8. The van der Waals surface area contributed by atoms with Crippen LogP contribution < -0.4 is 9.47 Å². The number of aryl methyl sites for hydroxylation is 2. The van der Waals surface area contributed by atoms with Crippen molar-refractivity contribution in [2.75, 3.05) is 14.2 Å². The zero-order valence-electron chi connectivity index (χ0n) is 22.3. The van der Waals surface area contributed by atoms with E-state index >= 15 is 0 Å². The minimum absolute atomic E-state index is 0.217. The van der Waals surface area contributed by atoms with E-state index < -0.39 is 0 Å². The van der Waals surface area contributed by atoms with E-state index in [4.69, 9.17) is 33.1 Å². The van der Waals surface area contributed by atoms with Crippen molar-refractivity contribution in [1.29, 1.82) is 10.5 Å². The van der Waals surface area contributed by atoms with E-state index in [0.717, 1.165) is 51.0 Å². The Bertz CT molecular complexity index is 2110. The Balaban J connectivity index is 1.48. The topological polar surface area (TPSA) is 109 Å². The molecule has 0 fully saturated rings. The van der Waals surface area contributed by atoms with Crippen LogP contribution in [0, 0.1) is 35.8 Å². The van der Waals surface area contributed by atoms with Crippen LogP contribution in [0.5, 0.6) is 11.5 Å². The van der Waals surface area contributed by atoms with Crippen molar-refractivity contribution < 1.29 is 9.47 Å². The zero-order valence-corrected chi connectivity index (χ0v) is 25.6. The first-order chi connectivity index (χ1) is 20.3. The number of ether oxygens (including phenoxy) is 2. The average Bonchev–Trinajstić information content (AvgIpc) is 3.83. The number of amidine groups is 2. The molecule has 0 amide bonds. The van der Waals surface area contributed by atoms with Gasteiger partial charge >= 0.3 is 11.7 Å². The fourth-order valence-electron chi connectivity index (χ4n) is 4.74. The number of aliphatic imine (C=N–C) groups is 2. The summed E-state index contributed by atoms with van der Waals surface area (Å²) in [5.41, 5.74) is 4.43. The van der Waals surface area contributed by atoms with E-state index in [2.05, 4.69) is 55.0 Å². The summed E-state index contributed by atoms with van der Waals surface area (Å²) < 4.78 is 17.9. The van der Waals surface area contributed by atoms with Crippen molar-refractivity contribution in [1.82, 2.24) is 9.13 Å². The first-order valence-electron chi connectivity index (χ1n) is 11.9. The molecule has 0 saturated carbocycles. The lowest BCUT2D eigenvalue weighted by Gasteiger charge is -2.00. The van der Waals surface area contributed by atoms with Gasteiger partial charge in [0.25, 0.3) is 0 Å². The minimum atomic E-state index is -0.217. The van der Waals surface area contributed by atoms with Crippen LogP contribution in [0.1, 0.15) is 0 Å². The van der Waals surface area contributed by atoms with Crippen molar-refractivity contribution in [2.24, 2.45) is 24.1 Å². The third-order valence-electron chi connectivity index (χ3n) is 6.57. The molecule has 14 heteroatoms. The number of hydrogen-bond donors (Lipinski definition) is 0. The molecule has 0 unspecified atom stereocenters. The molecule has 0 saturated heterocycles. The van der Waals surface area contributed by atoms with Crippen molar-refractivity contribution in [3.63, 3.8) is 0 Å². The van der Waals surface area contributed by atoms with Crippen LogP contribution in [0.4, 0.5) is 10.0 Å². The largest absolute Gasteiger partial charge is 0.495 e. The Hall–Kier alpha value is -4.96. The van der Waals surface area contributed by atoms with Gasteiger partial charge in [0.05, 0.1) is 65.2 Å². The van der Waals surface area contributed by atoms with Gasteiger partial charge in [-0.25, -0.2) is 10.5 Å². The number of nitriles is 2. The molecule has 0 radical (unpaired) electrons. The fraction of sp³-hybridized carbons (Fsp3) is 0.143. The molecular weight excluding hydrogens is 609 g/mol. The molecule has 204 valence electrons. The lowest BCUT2D eigenvalue weighted by Crippen LogP contribution is -1.85. The molecule has 0 aliphatic rings. The lowest BCUT2D eigenvalue weighted by molar-refractivity contribution is 0.418. The SMILES string of the molecule is [C-]#[N+]C(C#N)=Nc1cc(OC)c(-c2cc3c(s2)c2c(c4sc(-c5sc(N=C(C#N)[N+]#[C-])cc5OC)cc4n2C)n3C)s1. The normalized spacial score (nSPS) is 12.0. The van der Waals surface area contributed by atoms with Crippen molar-refractivity contribution in [2.45, 2.75) is 0 Å². The van der Waals surface area contributed by atoms with E-state index in [9.17, 15) is 0 Å². The summed E-state index contributed by atoms with van der Waals surface area (Å²) in [4.78, 5) is 18.5. The van der Waals surface area contributed by atoms with Gasteiger partial charge in [-0.2, -0.15) is 0 Å². The van der Waals surface area contributed by atoms with Gasteiger partial charge in [0.2, 0.25) is 10.0 Å². The molecule has 6 aromatic heterocycles. The second-order valence-electron chi connectivity index (χ2n) is 8.75. The van der Waals surface area contributed by atoms with E-state index in [1.165, 1.54) is 22.7 Å². The van der Waals surface area contributed by atoms with E-state index in [1.54, 1.807) is 49.0 Å². The molecular formula is C28H16N8O2S4. The Kier molecular flexibility index (Phi) is 6.78. The molecule has 10 nitrogen and oxygen atoms in total. The molecule has 6 rings (SSSR count). The highest BCUT2D eigenvalue weighted by atomic mass is 32.1. The quantitative estimate of drug-likeness (QED) is 0.105. The summed E-state index contributed by atoms with van der Waals surface area (Å²) in [7, 11) is 7.31. The number of fused-ring (bicyclic) bond motifs is 5. The molecule has 42 heavy (non-hydrogen) atoms. The Morgan fingerprint density at radius 3 is 1.48 bits per heavy atom. The monoisotopic (exact) mass is 624 g/mol. The summed E-state index contributed by atoms with van der Waals surface area (Å²) in [6, 6.07) is 11.4. The molecule has 6 heterocycles. The number of hydrogen-bond acceptors (Lipinski definition) is 10. The standard InChI is InChI=1S/C28H16N8O2S4/c1-31-19(11-29)33-21-9-15(37-5)27(41-21)17-7-13-25(39-17)23-24(35(13)3)26-14(36(23)4)8-18(40-26)28-16(38-6)10-22(42-28)34-20(12-30)32-2/h7-10H,3-6H3. The second-order valence-corrected chi connectivity index (χ2v) is 12.9. The van der Waals surface area contributed by atoms with Crippen LogP contribution in [-0.4, -0.2) is 35.0 Å². The number of aromatic nitrogens is 2. The van der Waals surface area contributed by atoms with Crippen LogP contribution in [0.15, 0.2) is 34.3 Å². The third-order valence-corrected chi connectivity index (χ3v) is 11.2. The minimum Gasteiger partial charge on any atom is -0.495 e. The van der Waals surface area contributed by atoms with Crippen molar-refractivity contribution in [3.05, 3.63) is 47.1 Å². The third kappa shape index (κ3) is 4.14. The smallest absolute Gasteiger partial charge is 0.350 e. The second kappa shape index (κ2) is 10.5. The Morgan fingerprint density at radius 1 is 0.738 bits per heavy atom. The first-order valence-corrected chi connectivity index (χ1v) is 15.2. The van der Waals surface area contributed by atoms with Crippen molar-refractivity contribution in [3.8, 4) is 43.1 Å². The number of rotatable bonds is 6. The summed E-state index contributed by atoms with van der Waals surface area (Å²) in [5, 5.41) is 19.3. The van der Waals surface area contributed by atoms with Crippen LogP contribution in [0.3, 0.4) is 0 Å². The van der Waals surface area contributed by atoms with Crippen molar-refractivity contribution >= 4 is 98.5 Å². The predicted molar refractivity (Wildman–Crippen MR) is 171 cm³/mol. The lowest BCUT2D eigenvalue weighted by atomic mass is 10.3. The van der Waals surface area contributed by atoms with Crippen LogP contribution in [0.2, 0.25) is 0 Å². The van der Waals surface area contributed by atoms with Gasteiger partial charge in [0.15, 0.2) is 0 Å². The molecule has 0 aliphatic heterocycles. The average molecular weight is 625 g/mol. The first kappa shape index (κ1) is 27.2.